The Balaban J connectivity index is 1.51. The minimum Gasteiger partial charge on any atom is -0.493 e. The van der Waals surface area contributed by atoms with Crippen LogP contribution in [-0.4, -0.2) is 42.6 Å². The Bertz CT molecular complexity index is 1280. The lowest BCUT2D eigenvalue weighted by molar-refractivity contribution is -0.112. The van der Waals surface area contributed by atoms with Crippen molar-refractivity contribution in [1.82, 2.24) is 9.36 Å². The van der Waals surface area contributed by atoms with E-state index in [2.05, 4.69) is 14.7 Å². The molecule has 3 aromatic rings. The Morgan fingerprint density at radius 2 is 1.74 bits per heavy atom. The van der Waals surface area contributed by atoms with E-state index in [0.717, 1.165) is 17.3 Å². The molecule has 0 atom stereocenters. The molecule has 2 aromatic carbocycles. The third-order valence-electron chi connectivity index (χ3n) is 4.41. The van der Waals surface area contributed by atoms with Crippen molar-refractivity contribution < 1.29 is 22.7 Å². The molecule has 0 radical (unpaired) electrons. The third-order valence-corrected chi connectivity index (χ3v) is 6.66. The molecule has 0 saturated carbocycles. The number of nitrogens with one attached hydrogen (secondary N) is 1. The van der Waals surface area contributed by atoms with Gasteiger partial charge in [0.25, 0.3) is 11.1 Å². The van der Waals surface area contributed by atoms with Gasteiger partial charge in [0.1, 0.15) is 23.1 Å². The van der Waals surface area contributed by atoms with Crippen molar-refractivity contribution in [2.45, 2.75) is 18.5 Å². The van der Waals surface area contributed by atoms with Crippen molar-refractivity contribution in [1.29, 1.82) is 5.26 Å². The van der Waals surface area contributed by atoms with E-state index >= 15 is 0 Å². The van der Waals surface area contributed by atoms with Crippen molar-refractivity contribution >= 4 is 38.5 Å². The van der Waals surface area contributed by atoms with Crippen molar-refractivity contribution in [2.24, 2.45) is 0 Å². The Kier molecular flexibility index (Phi) is 8.73. The molecular weight excluding hydrogens is 476 g/mol. The van der Waals surface area contributed by atoms with Crippen LogP contribution in [0, 0.1) is 11.3 Å². The van der Waals surface area contributed by atoms with Gasteiger partial charge in [-0.1, -0.05) is 37.3 Å². The van der Waals surface area contributed by atoms with Crippen LogP contribution in [0.25, 0.3) is 6.08 Å². The SMILES string of the molecule is CCS(=O)(=O)c1nsc(NC(=O)/C(C#N)=C\c2ccc(OCCCOc3ccccc3)cc2)n1. The zero-order valence-corrected chi connectivity index (χ0v) is 19.9. The summed E-state index contributed by atoms with van der Waals surface area (Å²) < 4.78 is 38.7. The van der Waals surface area contributed by atoms with Crippen molar-refractivity contribution in [3.8, 4) is 17.6 Å². The van der Waals surface area contributed by atoms with Gasteiger partial charge in [0.05, 0.1) is 19.0 Å². The molecule has 1 heterocycles. The largest absolute Gasteiger partial charge is 0.493 e. The van der Waals surface area contributed by atoms with Crippen molar-refractivity contribution in [2.75, 3.05) is 24.3 Å². The number of para-hydroxylation sites is 1. The number of hydrogen-bond donors (Lipinski definition) is 1. The maximum atomic E-state index is 12.4. The van der Waals surface area contributed by atoms with E-state index in [-0.39, 0.29) is 21.6 Å². The Morgan fingerprint density at radius 1 is 1.09 bits per heavy atom. The van der Waals surface area contributed by atoms with Gasteiger partial charge < -0.3 is 9.47 Å². The first-order valence-corrected chi connectivity index (χ1v) is 12.7. The molecule has 0 fully saturated rings. The molecule has 0 aliphatic rings. The van der Waals surface area contributed by atoms with Crippen molar-refractivity contribution in [3.05, 3.63) is 65.7 Å². The molecule has 0 saturated heterocycles. The number of carbonyl (C=O) groups is 1. The van der Waals surface area contributed by atoms with Crippen molar-refractivity contribution in [3.63, 3.8) is 0 Å². The quantitative estimate of drug-likeness (QED) is 0.240. The number of anilines is 1. The number of aromatic nitrogens is 2. The molecule has 0 spiro atoms. The summed E-state index contributed by atoms with van der Waals surface area (Å²) in [5.41, 5.74) is 0.458. The number of carbonyl (C=O) groups excluding carboxylic acids is 1. The summed E-state index contributed by atoms with van der Waals surface area (Å²) in [6.07, 6.45) is 2.12. The lowest BCUT2D eigenvalue weighted by atomic mass is 10.1. The number of benzene rings is 2. The molecule has 0 bridgehead atoms. The predicted octanol–water partition coefficient (Wildman–Crippen LogP) is 3.73. The molecule has 0 unspecified atom stereocenters. The average Bonchev–Trinajstić information content (AvgIpc) is 3.33. The van der Waals surface area contributed by atoms with Gasteiger partial charge in [-0.2, -0.15) is 14.6 Å². The van der Waals surface area contributed by atoms with E-state index in [4.69, 9.17) is 9.47 Å². The number of ether oxygens (including phenoxy) is 2. The third kappa shape index (κ3) is 7.13. The van der Waals surface area contributed by atoms with Crippen LogP contribution in [0.2, 0.25) is 0 Å². The van der Waals surface area contributed by atoms with Crippen LogP contribution >= 0.6 is 11.5 Å². The number of hydrogen-bond acceptors (Lipinski definition) is 9. The number of amides is 1. The smallest absolute Gasteiger partial charge is 0.268 e. The van der Waals surface area contributed by atoms with Gasteiger partial charge in [0.15, 0.2) is 0 Å². The lowest BCUT2D eigenvalue weighted by Gasteiger charge is -2.08. The Morgan fingerprint density at radius 3 is 2.35 bits per heavy atom. The summed E-state index contributed by atoms with van der Waals surface area (Å²) >= 11 is 0.732. The van der Waals surface area contributed by atoms with Crippen LogP contribution in [-0.2, 0) is 14.6 Å². The fourth-order valence-electron chi connectivity index (χ4n) is 2.61. The summed E-state index contributed by atoms with van der Waals surface area (Å²) in [5.74, 6) is 0.603. The molecule has 176 valence electrons. The molecule has 1 N–H and O–H groups in total. The van der Waals surface area contributed by atoms with E-state index < -0.39 is 15.7 Å². The first-order valence-electron chi connectivity index (χ1n) is 10.3. The molecule has 0 aliphatic carbocycles. The van der Waals surface area contributed by atoms with E-state index in [1.807, 2.05) is 36.4 Å². The highest BCUT2D eigenvalue weighted by Crippen LogP contribution is 2.18. The summed E-state index contributed by atoms with van der Waals surface area (Å²) in [6, 6.07) is 18.3. The maximum Gasteiger partial charge on any atom is 0.268 e. The zero-order valence-electron chi connectivity index (χ0n) is 18.3. The highest BCUT2D eigenvalue weighted by atomic mass is 32.2. The number of sulfone groups is 1. The van der Waals surface area contributed by atoms with Crippen LogP contribution in [0.5, 0.6) is 11.5 Å². The molecule has 34 heavy (non-hydrogen) atoms. The summed E-state index contributed by atoms with van der Waals surface area (Å²) in [7, 11) is -3.58. The molecule has 9 nitrogen and oxygen atoms in total. The highest BCUT2D eigenvalue weighted by Gasteiger charge is 2.20. The zero-order chi connectivity index (χ0) is 24.4. The van der Waals surface area contributed by atoms with E-state index in [1.54, 1.807) is 24.3 Å². The molecular formula is C23H22N4O5S2. The van der Waals surface area contributed by atoms with Gasteiger partial charge >= 0.3 is 0 Å². The second-order valence-corrected chi connectivity index (χ2v) is 9.77. The van der Waals surface area contributed by atoms with E-state index in [9.17, 15) is 18.5 Å². The van der Waals surface area contributed by atoms with Crippen LogP contribution in [0.15, 0.2) is 65.3 Å². The second kappa shape index (κ2) is 11.9. The first-order chi connectivity index (χ1) is 16.4. The normalized spacial score (nSPS) is 11.5. The standard InChI is InChI=1S/C23H22N4O5S2/c1-2-34(29,30)23-26-22(33-27-23)25-21(28)18(16-24)15-17-9-11-20(12-10-17)32-14-6-13-31-19-7-4-3-5-8-19/h3-5,7-12,15H,2,6,13-14H2,1H3,(H,25,26,27,28)/b18-15-. The molecule has 11 heteroatoms. The molecule has 1 amide bonds. The van der Waals surface area contributed by atoms with Gasteiger partial charge in [0.2, 0.25) is 15.0 Å². The summed E-state index contributed by atoms with van der Waals surface area (Å²) in [5, 5.41) is 11.4. The fourth-order valence-corrected chi connectivity index (χ4v) is 4.20. The number of nitrogens with zero attached hydrogens (tertiary/aromatic N) is 3. The van der Waals surface area contributed by atoms with Gasteiger partial charge in [-0.25, -0.2) is 8.42 Å². The van der Waals surface area contributed by atoms with Gasteiger partial charge in [-0.15, -0.1) is 0 Å². The second-order valence-electron chi connectivity index (χ2n) is 6.84. The molecule has 1 aromatic heterocycles. The number of nitriles is 1. The van der Waals surface area contributed by atoms with Crippen LogP contribution < -0.4 is 14.8 Å². The maximum absolute atomic E-state index is 12.4. The minimum atomic E-state index is -3.58. The topological polar surface area (TPSA) is 131 Å². The van der Waals surface area contributed by atoms with Crippen LogP contribution in [0.4, 0.5) is 5.13 Å². The fraction of sp³-hybridized carbons (Fsp3) is 0.217. The van der Waals surface area contributed by atoms with E-state index in [1.165, 1.54) is 13.0 Å². The van der Waals surface area contributed by atoms with Crippen LogP contribution in [0.1, 0.15) is 18.9 Å². The van der Waals surface area contributed by atoms with E-state index in [0.29, 0.717) is 30.9 Å². The van der Waals surface area contributed by atoms with Gasteiger partial charge in [0, 0.05) is 18.0 Å². The number of rotatable bonds is 11. The minimum absolute atomic E-state index is 0.00170. The predicted molar refractivity (Wildman–Crippen MR) is 128 cm³/mol. The highest BCUT2D eigenvalue weighted by molar-refractivity contribution is 7.91. The average molecular weight is 499 g/mol. The summed E-state index contributed by atoms with van der Waals surface area (Å²) in [4.78, 5) is 16.2. The lowest BCUT2D eigenvalue weighted by Crippen LogP contribution is -2.13. The monoisotopic (exact) mass is 498 g/mol. The van der Waals surface area contributed by atoms with Gasteiger partial charge in [-0.3, -0.25) is 10.1 Å². The Hall–Kier alpha value is -3.75. The summed E-state index contributed by atoms with van der Waals surface area (Å²) in [6.45, 7) is 2.49. The van der Waals surface area contributed by atoms with Crippen LogP contribution in [0.3, 0.4) is 0 Å². The Labute approximate surface area is 201 Å². The molecule has 0 aliphatic heterocycles. The molecule has 3 rings (SSSR count). The van der Waals surface area contributed by atoms with Gasteiger partial charge in [-0.05, 0) is 35.9 Å². The first kappa shape index (κ1) is 24.9.